The van der Waals surface area contributed by atoms with Crippen molar-refractivity contribution in [1.82, 2.24) is 4.90 Å². The van der Waals surface area contributed by atoms with Gasteiger partial charge in [-0.2, -0.15) is 0 Å². The van der Waals surface area contributed by atoms with Gasteiger partial charge < -0.3 is 10.0 Å². The van der Waals surface area contributed by atoms with Crippen LogP contribution in [0, 0.1) is 5.92 Å². The van der Waals surface area contributed by atoms with Crippen molar-refractivity contribution < 1.29 is 5.11 Å². The first-order chi connectivity index (χ1) is 11.3. The molecule has 2 aromatic rings. The molecular formula is C22H27NO. The van der Waals surface area contributed by atoms with Crippen LogP contribution in [0.3, 0.4) is 0 Å². The Hall–Kier alpha value is -2.22. The Morgan fingerprint density at radius 1 is 1.08 bits per heavy atom. The highest BCUT2D eigenvalue weighted by Gasteiger charge is 2.29. The number of rotatable bonds is 4. The molecule has 1 N–H and O–H groups in total. The van der Waals surface area contributed by atoms with Crippen LogP contribution < -0.4 is 0 Å². The molecule has 1 saturated heterocycles. The Morgan fingerprint density at radius 3 is 2.33 bits per heavy atom. The summed E-state index contributed by atoms with van der Waals surface area (Å²) in [5.41, 5.74) is 5.26. The van der Waals surface area contributed by atoms with E-state index in [2.05, 4.69) is 56.5 Å². The summed E-state index contributed by atoms with van der Waals surface area (Å²) in [6.45, 7) is 13.2. The number of phenolic OH excluding ortho intramolecular Hbond substituents is 1. The molecule has 2 nitrogen and oxygen atoms in total. The molecule has 1 aliphatic rings. The zero-order chi connectivity index (χ0) is 17.3. The van der Waals surface area contributed by atoms with Crippen molar-refractivity contribution in [3.8, 4) is 5.75 Å². The van der Waals surface area contributed by atoms with Gasteiger partial charge in [0.2, 0.25) is 0 Å². The molecule has 1 aliphatic heterocycles. The molecule has 0 radical (unpaired) electrons. The monoisotopic (exact) mass is 321 g/mol. The van der Waals surface area contributed by atoms with Crippen molar-refractivity contribution in [2.75, 3.05) is 13.1 Å². The number of nitrogens with zero attached hydrogens (tertiary/aromatic N) is 1. The Morgan fingerprint density at radius 2 is 1.71 bits per heavy atom. The Kier molecular flexibility index (Phi) is 4.40. The molecule has 1 fully saturated rings. The van der Waals surface area contributed by atoms with Gasteiger partial charge in [-0.25, -0.2) is 0 Å². The first kappa shape index (κ1) is 16.6. The van der Waals surface area contributed by atoms with Gasteiger partial charge in [0, 0.05) is 18.8 Å². The minimum atomic E-state index is 0.190. The highest BCUT2D eigenvalue weighted by molar-refractivity contribution is 5.63. The number of benzene rings is 2. The summed E-state index contributed by atoms with van der Waals surface area (Å²) in [4.78, 5) is 2.33. The molecule has 126 valence electrons. The lowest BCUT2D eigenvalue weighted by Gasteiger charge is -2.43. The maximum Gasteiger partial charge on any atom is 0.115 e. The van der Waals surface area contributed by atoms with E-state index < -0.39 is 0 Å². The SMILES string of the molecule is C=C(c1ccc(O)cc1)N1CC(Cc2ccccc2C(C)(C)C)C1. The molecule has 2 aromatic carbocycles. The third-order valence-electron chi connectivity index (χ3n) is 4.87. The Labute approximate surface area is 145 Å². The largest absolute Gasteiger partial charge is 0.508 e. The van der Waals surface area contributed by atoms with Gasteiger partial charge in [0.25, 0.3) is 0 Å². The Balaban J connectivity index is 1.62. The second-order valence-electron chi connectivity index (χ2n) is 7.88. The lowest BCUT2D eigenvalue weighted by atomic mass is 9.80. The van der Waals surface area contributed by atoms with E-state index >= 15 is 0 Å². The summed E-state index contributed by atoms with van der Waals surface area (Å²) >= 11 is 0. The average molecular weight is 321 g/mol. The van der Waals surface area contributed by atoms with Gasteiger partial charge >= 0.3 is 0 Å². The quantitative estimate of drug-likeness (QED) is 0.871. The summed E-state index contributed by atoms with van der Waals surface area (Å²) < 4.78 is 0. The van der Waals surface area contributed by atoms with E-state index in [0.717, 1.165) is 30.8 Å². The second-order valence-corrected chi connectivity index (χ2v) is 7.88. The van der Waals surface area contributed by atoms with Gasteiger partial charge in [0.1, 0.15) is 5.75 Å². The van der Waals surface area contributed by atoms with Crippen LogP contribution in [-0.4, -0.2) is 23.1 Å². The normalized spacial score (nSPS) is 15.2. The highest BCUT2D eigenvalue weighted by Crippen LogP contribution is 2.32. The summed E-state index contributed by atoms with van der Waals surface area (Å²) in [5, 5.41) is 9.40. The van der Waals surface area contributed by atoms with Crippen LogP contribution in [0.5, 0.6) is 5.75 Å². The smallest absolute Gasteiger partial charge is 0.115 e. The number of hydrogen-bond donors (Lipinski definition) is 1. The van der Waals surface area contributed by atoms with E-state index in [4.69, 9.17) is 0 Å². The third kappa shape index (κ3) is 3.48. The molecule has 0 bridgehead atoms. The number of hydrogen-bond acceptors (Lipinski definition) is 2. The topological polar surface area (TPSA) is 23.5 Å². The minimum absolute atomic E-state index is 0.190. The van der Waals surface area contributed by atoms with E-state index in [1.54, 1.807) is 12.1 Å². The van der Waals surface area contributed by atoms with Gasteiger partial charge in [0.05, 0.1) is 0 Å². The van der Waals surface area contributed by atoms with Crippen molar-refractivity contribution in [2.45, 2.75) is 32.6 Å². The van der Waals surface area contributed by atoms with Gasteiger partial charge in [-0.3, -0.25) is 0 Å². The zero-order valence-electron chi connectivity index (χ0n) is 14.9. The molecule has 0 unspecified atom stereocenters. The van der Waals surface area contributed by atoms with Crippen molar-refractivity contribution >= 4 is 5.70 Å². The van der Waals surface area contributed by atoms with Crippen LogP contribution >= 0.6 is 0 Å². The fraction of sp³-hybridized carbons (Fsp3) is 0.364. The fourth-order valence-corrected chi connectivity index (χ4v) is 3.50. The van der Waals surface area contributed by atoms with Crippen LogP contribution in [0.2, 0.25) is 0 Å². The standard InChI is InChI=1S/C22H27NO/c1-16(18-9-11-20(24)12-10-18)23-14-17(15-23)13-19-7-5-6-8-21(19)22(2,3)4/h5-12,17,24H,1,13-15H2,2-4H3. The van der Waals surface area contributed by atoms with Crippen molar-refractivity contribution in [1.29, 1.82) is 0 Å². The van der Waals surface area contributed by atoms with E-state index in [-0.39, 0.29) is 5.41 Å². The first-order valence-electron chi connectivity index (χ1n) is 8.66. The number of likely N-dealkylation sites (tertiary alicyclic amines) is 1. The molecule has 1 heterocycles. The molecule has 0 aliphatic carbocycles. The molecule has 0 spiro atoms. The second kappa shape index (κ2) is 6.35. The molecule has 0 atom stereocenters. The summed E-state index contributed by atoms with van der Waals surface area (Å²) in [6.07, 6.45) is 1.13. The van der Waals surface area contributed by atoms with Crippen LogP contribution in [0.15, 0.2) is 55.1 Å². The molecule has 0 amide bonds. The van der Waals surface area contributed by atoms with Crippen molar-refractivity contribution in [2.24, 2.45) is 5.92 Å². The minimum Gasteiger partial charge on any atom is -0.508 e. The van der Waals surface area contributed by atoms with Crippen LogP contribution in [0.4, 0.5) is 0 Å². The highest BCUT2D eigenvalue weighted by atomic mass is 16.3. The van der Waals surface area contributed by atoms with Crippen molar-refractivity contribution in [3.05, 3.63) is 71.8 Å². The number of aromatic hydroxyl groups is 1. The van der Waals surface area contributed by atoms with Crippen LogP contribution in [0.25, 0.3) is 5.70 Å². The molecule has 0 saturated carbocycles. The summed E-state index contributed by atoms with van der Waals surface area (Å²) in [6, 6.07) is 16.1. The van der Waals surface area contributed by atoms with Crippen LogP contribution in [-0.2, 0) is 11.8 Å². The lowest BCUT2D eigenvalue weighted by Crippen LogP contribution is -2.46. The summed E-state index contributed by atoms with van der Waals surface area (Å²) in [5.74, 6) is 0.981. The zero-order valence-corrected chi connectivity index (χ0v) is 14.9. The third-order valence-corrected chi connectivity index (χ3v) is 4.87. The van der Waals surface area contributed by atoms with Gasteiger partial charge in [-0.05, 0) is 58.7 Å². The average Bonchev–Trinajstić information content (AvgIpc) is 2.50. The summed E-state index contributed by atoms with van der Waals surface area (Å²) in [7, 11) is 0. The predicted molar refractivity (Wildman–Crippen MR) is 101 cm³/mol. The fourth-order valence-electron chi connectivity index (χ4n) is 3.50. The van der Waals surface area contributed by atoms with E-state index in [0.29, 0.717) is 11.7 Å². The first-order valence-corrected chi connectivity index (χ1v) is 8.66. The van der Waals surface area contributed by atoms with E-state index in [9.17, 15) is 5.11 Å². The van der Waals surface area contributed by atoms with E-state index in [1.165, 1.54) is 11.1 Å². The molecular weight excluding hydrogens is 294 g/mol. The van der Waals surface area contributed by atoms with Crippen LogP contribution in [0.1, 0.15) is 37.5 Å². The molecule has 3 rings (SSSR count). The lowest BCUT2D eigenvalue weighted by molar-refractivity contribution is 0.174. The maximum absolute atomic E-state index is 9.40. The molecule has 0 aromatic heterocycles. The molecule has 2 heteroatoms. The maximum atomic E-state index is 9.40. The van der Waals surface area contributed by atoms with Gasteiger partial charge in [-0.15, -0.1) is 0 Å². The van der Waals surface area contributed by atoms with E-state index in [1.807, 2.05) is 12.1 Å². The predicted octanol–water partition coefficient (Wildman–Crippen LogP) is 4.83. The number of phenols is 1. The van der Waals surface area contributed by atoms with Gasteiger partial charge in [-0.1, -0.05) is 51.6 Å². The van der Waals surface area contributed by atoms with Gasteiger partial charge in [0.15, 0.2) is 0 Å². The van der Waals surface area contributed by atoms with Crippen molar-refractivity contribution in [3.63, 3.8) is 0 Å². The molecule has 24 heavy (non-hydrogen) atoms. The Bertz CT molecular complexity index is 718.